The smallest absolute Gasteiger partial charge is 0.253 e. The molecule has 0 aliphatic heterocycles. The van der Waals surface area contributed by atoms with Crippen molar-refractivity contribution in [2.75, 3.05) is 11.9 Å². The third-order valence-electron chi connectivity index (χ3n) is 3.25. The average Bonchev–Trinajstić information content (AvgIpc) is 2.45. The standard InChI is InChI=1S/C16H27N3O/c1-4-6-7-8-9-13(3)19-16(20)14-10-11-15(17-5-2)18-12-14/h10-13H,4-9H2,1-3H3,(H,17,18)(H,19,20). The summed E-state index contributed by atoms with van der Waals surface area (Å²) in [6.07, 6.45) is 7.59. The first-order valence-electron chi connectivity index (χ1n) is 7.68. The highest BCUT2D eigenvalue weighted by molar-refractivity contribution is 5.94. The SMILES string of the molecule is CCCCCCC(C)NC(=O)c1ccc(NCC)nc1. The molecule has 1 rings (SSSR count). The summed E-state index contributed by atoms with van der Waals surface area (Å²) in [5.74, 6) is 0.764. The fourth-order valence-electron chi connectivity index (χ4n) is 2.07. The number of anilines is 1. The van der Waals surface area contributed by atoms with Crippen LogP contribution in [0.5, 0.6) is 0 Å². The van der Waals surface area contributed by atoms with Gasteiger partial charge in [-0.25, -0.2) is 4.98 Å². The summed E-state index contributed by atoms with van der Waals surface area (Å²) in [5, 5.41) is 6.14. The van der Waals surface area contributed by atoms with Crippen LogP contribution in [0.15, 0.2) is 18.3 Å². The van der Waals surface area contributed by atoms with Gasteiger partial charge in [-0.15, -0.1) is 0 Å². The van der Waals surface area contributed by atoms with Crippen molar-refractivity contribution in [2.24, 2.45) is 0 Å². The van der Waals surface area contributed by atoms with Crippen LogP contribution in [-0.4, -0.2) is 23.5 Å². The van der Waals surface area contributed by atoms with E-state index >= 15 is 0 Å². The summed E-state index contributed by atoms with van der Waals surface area (Å²) in [4.78, 5) is 16.3. The molecule has 1 unspecified atom stereocenters. The van der Waals surface area contributed by atoms with Gasteiger partial charge in [0.05, 0.1) is 5.56 Å². The number of nitrogens with one attached hydrogen (secondary N) is 2. The fourth-order valence-corrected chi connectivity index (χ4v) is 2.07. The Hall–Kier alpha value is -1.58. The molecule has 20 heavy (non-hydrogen) atoms. The number of unbranched alkanes of at least 4 members (excludes halogenated alkanes) is 3. The lowest BCUT2D eigenvalue weighted by molar-refractivity contribution is 0.0937. The Labute approximate surface area is 122 Å². The molecule has 0 bridgehead atoms. The van der Waals surface area contributed by atoms with Gasteiger partial charge in [0.1, 0.15) is 5.82 Å². The number of pyridine rings is 1. The number of nitrogens with zero attached hydrogens (tertiary/aromatic N) is 1. The van der Waals surface area contributed by atoms with Crippen molar-refractivity contribution in [1.82, 2.24) is 10.3 Å². The first-order chi connectivity index (χ1) is 9.67. The molecule has 2 N–H and O–H groups in total. The second-order valence-electron chi connectivity index (χ2n) is 5.19. The summed E-state index contributed by atoms with van der Waals surface area (Å²) < 4.78 is 0. The van der Waals surface area contributed by atoms with E-state index in [4.69, 9.17) is 0 Å². The van der Waals surface area contributed by atoms with E-state index in [1.807, 2.05) is 19.1 Å². The Bertz CT molecular complexity index is 389. The van der Waals surface area contributed by atoms with Gasteiger partial charge in [-0.1, -0.05) is 32.6 Å². The zero-order chi connectivity index (χ0) is 14.8. The predicted molar refractivity (Wildman–Crippen MR) is 84.1 cm³/mol. The Morgan fingerprint density at radius 1 is 1.25 bits per heavy atom. The summed E-state index contributed by atoms with van der Waals surface area (Å²) in [5.41, 5.74) is 0.618. The highest BCUT2D eigenvalue weighted by Gasteiger charge is 2.09. The maximum Gasteiger partial charge on any atom is 0.253 e. The van der Waals surface area contributed by atoms with Crippen molar-refractivity contribution in [2.45, 2.75) is 58.9 Å². The molecule has 1 aromatic rings. The van der Waals surface area contributed by atoms with Gasteiger partial charge in [0.15, 0.2) is 0 Å². The van der Waals surface area contributed by atoms with Gasteiger partial charge >= 0.3 is 0 Å². The summed E-state index contributed by atoms with van der Waals surface area (Å²) in [7, 11) is 0. The van der Waals surface area contributed by atoms with E-state index in [9.17, 15) is 4.79 Å². The van der Waals surface area contributed by atoms with E-state index in [2.05, 4.69) is 29.5 Å². The third-order valence-corrected chi connectivity index (χ3v) is 3.25. The van der Waals surface area contributed by atoms with Crippen LogP contribution in [0.1, 0.15) is 63.2 Å². The van der Waals surface area contributed by atoms with Crippen LogP contribution in [0.25, 0.3) is 0 Å². The molecule has 0 aliphatic rings. The van der Waals surface area contributed by atoms with E-state index in [1.54, 1.807) is 6.20 Å². The molecule has 0 radical (unpaired) electrons. The van der Waals surface area contributed by atoms with Gasteiger partial charge in [0, 0.05) is 18.8 Å². The van der Waals surface area contributed by atoms with E-state index in [1.165, 1.54) is 25.7 Å². The maximum atomic E-state index is 12.0. The van der Waals surface area contributed by atoms with Crippen molar-refractivity contribution in [3.05, 3.63) is 23.9 Å². The zero-order valence-corrected chi connectivity index (χ0v) is 12.9. The highest BCUT2D eigenvalue weighted by atomic mass is 16.1. The van der Waals surface area contributed by atoms with Gasteiger partial charge in [0.25, 0.3) is 5.91 Å². The number of carbonyl (C=O) groups is 1. The number of amides is 1. The Kier molecular flexibility index (Phi) is 7.70. The van der Waals surface area contributed by atoms with Crippen LogP contribution in [0, 0.1) is 0 Å². The number of rotatable bonds is 9. The first kappa shape index (κ1) is 16.5. The fraction of sp³-hybridized carbons (Fsp3) is 0.625. The van der Waals surface area contributed by atoms with Crippen molar-refractivity contribution >= 4 is 11.7 Å². The van der Waals surface area contributed by atoms with Crippen LogP contribution in [0.3, 0.4) is 0 Å². The monoisotopic (exact) mass is 277 g/mol. The largest absolute Gasteiger partial charge is 0.370 e. The number of aromatic nitrogens is 1. The molecule has 0 saturated heterocycles. The summed E-state index contributed by atoms with van der Waals surface area (Å²) in [6.45, 7) is 7.11. The number of hydrogen-bond donors (Lipinski definition) is 2. The van der Waals surface area contributed by atoms with Gasteiger partial charge in [-0.3, -0.25) is 4.79 Å². The molecule has 0 aromatic carbocycles. The minimum absolute atomic E-state index is 0.0384. The van der Waals surface area contributed by atoms with E-state index in [0.29, 0.717) is 5.56 Å². The molecule has 4 nitrogen and oxygen atoms in total. The number of carbonyl (C=O) groups excluding carboxylic acids is 1. The predicted octanol–water partition coefficient (Wildman–Crippen LogP) is 3.60. The van der Waals surface area contributed by atoms with Gasteiger partial charge in [-0.2, -0.15) is 0 Å². The maximum absolute atomic E-state index is 12.0. The molecule has 4 heteroatoms. The van der Waals surface area contributed by atoms with Crippen molar-refractivity contribution in [3.8, 4) is 0 Å². The molecule has 112 valence electrons. The van der Waals surface area contributed by atoms with E-state index < -0.39 is 0 Å². The molecule has 1 heterocycles. The molecular weight excluding hydrogens is 250 g/mol. The summed E-state index contributed by atoms with van der Waals surface area (Å²) in [6, 6.07) is 3.86. The van der Waals surface area contributed by atoms with Gasteiger partial charge < -0.3 is 10.6 Å². The molecule has 0 saturated carbocycles. The lowest BCUT2D eigenvalue weighted by Gasteiger charge is -2.13. The van der Waals surface area contributed by atoms with Crippen molar-refractivity contribution < 1.29 is 4.79 Å². The Balaban J connectivity index is 2.37. The quantitative estimate of drug-likeness (QED) is 0.678. The second kappa shape index (κ2) is 9.34. The van der Waals surface area contributed by atoms with E-state index in [-0.39, 0.29) is 11.9 Å². The molecule has 0 spiro atoms. The topological polar surface area (TPSA) is 54.0 Å². The molecule has 0 fully saturated rings. The van der Waals surface area contributed by atoms with Crippen LogP contribution in [0.4, 0.5) is 5.82 Å². The molecular formula is C16H27N3O. The lowest BCUT2D eigenvalue weighted by atomic mass is 10.1. The van der Waals surface area contributed by atoms with Gasteiger partial charge in [0.2, 0.25) is 0 Å². The lowest BCUT2D eigenvalue weighted by Crippen LogP contribution is -2.32. The zero-order valence-electron chi connectivity index (χ0n) is 12.9. The van der Waals surface area contributed by atoms with Crippen molar-refractivity contribution in [1.29, 1.82) is 0 Å². The van der Waals surface area contributed by atoms with Crippen LogP contribution < -0.4 is 10.6 Å². The van der Waals surface area contributed by atoms with Gasteiger partial charge in [-0.05, 0) is 32.4 Å². The van der Waals surface area contributed by atoms with Crippen molar-refractivity contribution in [3.63, 3.8) is 0 Å². The Morgan fingerprint density at radius 2 is 2.05 bits per heavy atom. The highest BCUT2D eigenvalue weighted by Crippen LogP contribution is 2.08. The average molecular weight is 277 g/mol. The minimum atomic E-state index is -0.0384. The normalized spacial score (nSPS) is 11.9. The minimum Gasteiger partial charge on any atom is -0.370 e. The number of hydrogen-bond acceptors (Lipinski definition) is 3. The van der Waals surface area contributed by atoms with Crippen LogP contribution in [-0.2, 0) is 0 Å². The first-order valence-corrected chi connectivity index (χ1v) is 7.68. The summed E-state index contributed by atoms with van der Waals surface area (Å²) >= 11 is 0. The second-order valence-corrected chi connectivity index (χ2v) is 5.19. The Morgan fingerprint density at radius 3 is 2.65 bits per heavy atom. The van der Waals surface area contributed by atoms with E-state index in [0.717, 1.165) is 18.8 Å². The molecule has 1 atom stereocenters. The molecule has 1 amide bonds. The van der Waals surface area contributed by atoms with Crippen LogP contribution in [0.2, 0.25) is 0 Å². The van der Waals surface area contributed by atoms with Crippen LogP contribution >= 0.6 is 0 Å². The third kappa shape index (κ3) is 6.04. The molecule has 0 aliphatic carbocycles. The molecule has 1 aromatic heterocycles.